The van der Waals surface area contributed by atoms with Crippen LogP contribution in [0.5, 0.6) is 5.75 Å². The SMILES string of the molecule is Cc1ccccc1OCC(C)NC(=O)CN(c1ccc(Br)cc1)S(C)(=O)=O. The number of hydrogen-bond donors (Lipinski definition) is 1. The van der Waals surface area contributed by atoms with Gasteiger partial charge in [0.15, 0.2) is 0 Å². The van der Waals surface area contributed by atoms with Crippen molar-refractivity contribution < 1.29 is 17.9 Å². The van der Waals surface area contributed by atoms with Gasteiger partial charge in [0.2, 0.25) is 15.9 Å². The standard InChI is InChI=1S/C19H23BrN2O4S/c1-14-6-4-5-7-18(14)26-13-15(2)21-19(23)12-22(27(3,24)25)17-10-8-16(20)9-11-17/h4-11,15H,12-13H2,1-3H3,(H,21,23). The van der Waals surface area contributed by atoms with Crippen LogP contribution in [-0.2, 0) is 14.8 Å². The minimum atomic E-state index is -3.60. The fourth-order valence-corrected chi connectivity index (χ4v) is 3.55. The fourth-order valence-electron chi connectivity index (χ4n) is 2.43. The molecule has 0 spiro atoms. The molecule has 0 aliphatic rings. The molecule has 2 aromatic rings. The van der Waals surface area contributed by atoms with Crippen molar-refractivity contribution in [3.63, 3.8) is 0 Å². The minimum Gasteiger partial charge on any atom is -0.491 e. The van der Waals surface area contributed by atoms with Crippen LogP contribution in [-0.4, -0.2) is 39.8 Å². The first-order valence-electron chi connectivity index (χ1n) is 8.38. The number of carbonyl (C=O) groups is 1. The number of rotatable bonds is 8. The van der Waals surface area contributed by atoms with E-state index in [4.69, 9.17) is 4.74 Å². The monoisotopic (exact) mass is 454 g/mol. The van der Waals surface area contributed by atoms with Gasteiger partial charge in [-0.1, -0.05) is 34.1 Å². The number of benzene rings is 2. The van der Waals surface area contributed by atoms with Crippen molar-refractivity contribution in [3.05, 3.63) is 58.6 Å². The predicted molar refractivity (Wildman–Crippen MR) is 111 cm³/mol. The van der Waals surface area contributed by atoms with Crippen molar-refractivity contribution in [2.24, 2.45) is 0 Å². The third kappa shape index (κ3) is 6.55. The van der Waals surface area contributed by atoms with Crippen molar-refractivity contribution in [2.45, 2.75) is 19.9 Å². The smallest absolute Gasteiger partial charge is 0.241 e. The summed E-state index contributed by atoms with van der Waals surface area (Å²) in [5.41, 5.74) is 1.44. The summed E-state index contributed by atoms with van der Waals surface area (Å²) in [5.74, 6) is 0.357. The zero-order valence-corrected chi connectivity index (χ0v) is 17.9. The Kier molecular flexibility index (Phi) is 7.26. The van der Waals surface area contributed by atoms with E-state index in [1.165, 1.54) is 0 Å². The Morgan fingerprint density at radius 1 is 1.19 bits per heavy atom. The van der Waals surface area contributed by atoms with Crippen molar-refractivity contribution >= 4 is 37.5 Å². The molecule has 0 aromatic heterocycles. The molecular weight excluding hydrogens is 432 g/mol. The van der Waals surface area contributed by atoms with Crippen molar-refractivity contribution in [3.8, 4) is 5.75 Å². The number of aryl methyl sites for hydroxylation is 1. The molecule has 0 aliphatic heterocycles. The van der Waals surface area contributed by atoms with Gasteiger partial charge in [-0.25, -0.2) is 8.42 Å². The lowest BCUT2D eigenvalue weighted by molar-refractivity contribution is -0.120. The molecule has 146 valence electrons. The van der Waals surface area contributed by atoms with Crippen LogP contribution in [0.2, 0.25) is 0 Å². The summed E-state index contributed by atoms with van der Waals surface area (Å²) in [4.78, 5) is 12.3. The van der Waals surface area contributed by atoms with Gasteiger partial charge in [0.05, 0.1) is 18.0 Å². The molecule has 0 bridgehead atoms. The average molecular weight is 455 g/mol. The molecule has 0 saturated carbocycles. The Balaban J connectivity index is 1.97. The lowest BCUT2D eigenvalue weighted by Gasteiger charge is -2.23. The van der Waals surface area contributed by atoms with Crippen LogP contribution in [0.25, 0.3) is 0 Å². The molecule has 0 fully saturated rings. The summed E-state index contributed by atoms with van der Waals surface area (Å²) in [6.07, 6.45) is 1.08. The van der Waals surface area contributed by atoms with E-state index >= 15 is 0 Å². The highest BCUT2D eigenvalue weighted by Crippen LogP contribution is 2.20. The second-order valence-corrected chi connectivity index (χ2v) is 9.11. The minimum absolute atomic E-state index is 0.275. The van der Waals surface area contributed by atoms with Gasteiger partial charge in [-0.15, -0.1) is 0 Å². The van der Waals surface area contributed by atoms with Gasteiger partial charge in [0, 0.05) is 4.47 Å². The summed E-state index contributed by atoms with van der Waals surface area (Å²) < 4.78 is 31.8. The fraction of sp³-hybridized carbons (Fsp3) is 0.316. The third-order valence-electron chi connectivity index (χ3n) is 3.79. The Hall–Kier alpha value is -2.06. The van der Waals surface area contributed by atoms with Gasteiger partial charge in [-0.3, -0.25) is 9.10 Å². The molecule has 2 aromatic carbocycles. The number of para-hydroxylation sites is 1. The highest BCUT2D eigenvalue weighted by molar-refractivity contribution is 9.10. The number of halogens is 1. The molecule has 27 heavy (non-hydrogen) atoms. The molecule has 0 saturated heterocycles. The van der Waals surface area contributed by atoms with Crippen LogP contribution in [0, 0.1) is 6.92 Å². The molecule has 1 atom stereocenters. The van der Waals surface area contributed by atoms with E-state index in [1.807, 2.05) is 31.2 Å². The van der Waals surface area contributed by atoms with Gasteiger partial charge in [0.1, 0.15) is 18.9 Å². The van der Waals surface area contributed by atoms with Gasteiger partial charge in [-0.05, 0) is 49.7 Å². The first-order valence-corrected chi connectivity index (χ1v) is 11.0. The molecular formula is C19H23BrN2O4S. The van der Waals surface area contributed by atoms with E-state index in [0.717, 1.165) is 26.3 Å². The molecule has 2 rings (SSSR count). The summed E-state index contributed by atoms with van der Waals surface area (Å²) in [5, 5.41) is 2.77. The molecule has 6 nitrogen and oxygen atoms in total. The van der Waals surface area contributed by atoms with Crippen molar-refractivity contribution in [1.82, 2.24) is 5.32 Å². The number of ether oxygens (including phenoxy) is 1. The average Bonchev–Trinajstić information content (AvgIpc) is 2.59. The second-order valence-electron chi connectivity index (χ2n) is 6.29. The summed E-state index contributed by atoms with van der Waals surface area (Å²) >= 11 is 3.31. The second kappa shape index (κ2) is 9.23. The van der Waals surface area contributed by atoms with E-state index < -0.39 is 15.9 Å². The number of sulfonamides is 1. The molecule has 1 N–H and O–H groups in total. The first kappa shape index (κ1) is 21.2. The number of amides is 1. The van der Waals surface area contributed by atoms with Gasteiger partial charge >= 0.3 is 0 Å². The Labute approximate surface area is 168 Å². The third-order valence-corrected chi connectivity index (χ3v) is 5.46. The molecule has 1 unspecified atom stereocenters. The zero-order valence-electron chi connectivity index (χ0n) is 15.5. The van der Waals surface area contributed by atoms with Crippen LogP contribution in [0.1, 0.15) is 12.5 Å². The molecule has 8 heteroatoms. The van der Waals surface area contributed by atoms with Crippen LogP contribution in [0.15, 0.2) is 53.0 Å². The summed E-state index contributed by atoms with van der Waals surface area (Å²) in [6.45, 7) is 3.74. The maximum absolute atomic E-state index is 12.3. The maximum atomic E-state index is 12.3. The van der Waals surface area contributed by atoms with E-state index in [1.54, 1.807) is 31.2 Å². The maximum Gasteiger partial charge on any atom is 0.241 e. The number of nitrogens with one attached hydrogen (secondary N) is 1. The van der Waals surface area contributed by atoms with E-state index in [0.29, 0.717) is 5.69 Å². The Morgan fingerprint density at radius 2 is 1.81 bits per heavy atom. The summed E-state index contributed by atoms with van der Waals surface area (Å²) in [6, 6.07) is 14.1. The van der Waals surface area contributed by atoms with Crippen molar-refractivity contribution in [2.75, 3.05) is 23.7 Å². The largest absolute Gasteiger partial charge is 0.491 e. The number of nitrogens with zero attached hydrogens (tertiary/aromatic N) is 1. The molecule has 0 heterocycles. The lowest BCUT2D eigenvalue weighted by Crippen LogP contribution is -2.44. The Bertz CT molecular complexity index is 885. The number of hydrogen-bond acceptors (Lipinski definition) is 4. The topological polar surface area (TPSA) is 75.7 Å². The van der Waals surface area contributed by atoms with Crippen LogP contribution >= 0.6 is 15.9 Å². The summed E-state index contributed by atoms with van der Waals surface area (Å²) in [7, 11) is -3.60. The van der Waals surface area contributed by atoms with E-state index in [9.17, 15) is 13.2 Å². The van der Waals surface area contributed by atoms with Gasteiger partial charge in [-0.2, -0.15) is 0 Å². The van der Waals surface area contributed by atoms with E-state index in [2.05, 4.69) is 21.2 Å². The quantitative estimate of drug-likeness (QED) is 0.664. The normalized spacial score (nSPS) is 12.3. The predicted octanol–water partition coefficient (Wildman–Crippen LogP) is 3.11. The van der Waals surface area contributed by atoms with Gasteiger partial charge < -0.3 is 10.1 Å². The first-order chi connectivity index (χ1) is 12.7. The lowest BCUT2D eigenvalue weighted by atomic mass is 10.2. The van der Waals surface area contributed by atoms with Crippen LogP contribution in [0.4, 0.5) is 5.69 Å². The molecule has 0 radical (unpaired) electrons. The van der Waals surface area contributed by atoms with Crippen molar-refractivity contribution in [1.29, 1.82) is 0 Å². The molecule has 1 amide bonds. The van der Waals surface area contributed by atoms with Crippen LogP contribution < -0.4 is 14.4 Å². The molecule has 0 aliphatic carbocycles. The van der Waals surface area contributed by atoms with Crippen LogP contribution in [0.3, 0.4) is 0 Å². The number of carbonyl (C=O) groups excluding carboxylic acids is 1. The highest BCUT2D eigenvalue weighted by Gasteiger charge is 2.21. The zero-order chi connectivity index (χ0) is 20.0. The van der Waals surface area contributed by atoms with Gasteiger partial charge in [0.25, 0.3) is 0 Å². The Morgan fingerprint density at radius 3 is 2.41 bits per heavy atom. The number of anilines is 1. The highest BCUT2D eigenvalue weighted by atomic mass is 79.9. The van der Waals surface area contributed by atoms with E-state index in [-0.39, 0.29) is 19.2 Å².